The van der Waals surface area contributed by atoms with Crippen molar-refractivity contribution in [3.05, 3.63) is 125 Å². The Kier molecular flexibility index (Phi) is 9.36. The van der Waals surface area contributed by atoms with Crippen molar-refractivity contribution >= 4 is 23.5 Å². The van der Waals surface area contributed by atoms with Gasteiger partial charge in [0.15, 0.2) is 0 Å². The number of anilines is 1. The maximum atomic E-state index is 14.3. The van der Waals surface area contributed by atoms with E-state index in [-0.39, 0.29) is 18.0 Å². The molecule has 2 heterocycles. The molecule has 2 N–H and O–H groups in total. The van der Waals surface area contributed by atoms with Crippen molar-refractivity contribution in [2.45, 2.75) is 37.9 Å². The number of amides is 3. The van der Waals surface area contributed by atoms with Gasteiger partial charge in [0.25, 0.3) is 11.8 Å². The lowest BCUT2D eigenvalue weighted by Gasteiger charge is -2.38. The molecular weight excluding hydrogens is 602 g/mol. The number of alkyl halides is 3. The summed E-state index contributed by atoms with van der Waals surface area (Å²) in [6, 6.07) is 17.3. The van der Waals surface area contributed by atoms with E-state index in [1.807, 2.05) is 30.3 Å². The van der Waals surface area contributed by atoms with Gasteiger partial charge >= 0.3 is 6.18 Å². The zero-order valence-corrected chi connectivity index (χ0v) is 25.0. The SMILES string of the molecule is CCN1C(=O)[C@@H](NC(=O)c2cccc(C(F)(F)F)c2)[C@@H](c2ccc(F)cc2)c2c(CC/C=C\C(=O)NC)nn(-c3ccccc3)c21. The van der Waals surface area contributed by atoms with Gasteiger partial charge in [-0.1, -0.05) is 42.5 Å². The number of hydrogen-bond donors (Lipinski definition) is 2. The van der Waals surface area contributed by atoms with E-state index in [9.17, 15) is 31.9 Å². The monoisotopic (exact) mass is 633 g/mol. The van der Waals surface area contributed by atoms with Crippen LogP contribution in [-0.2, 0) is 22.2 Å². The lowest BCUT2D eigenvalue weighted by atomic mass is 9.80. The molecule has 1 aromatic heterocycles. The fraction of sp³-hybridized carbons (Fsp3) is 0.235. The molecular formula is C34H31F4N5O3. The molecule has 0 bridgehead atoms. The van der Waals surface area contributed by atoms with Crippen LogP contribution in [0.2, 0.25) is 0 Å². The van der Waals surface area contributed by atoms with Crippen molar-refractivity contribution < 1.29 is 31.9 Å². The molecule has 8 nitrogen and oxygen atoms in total. The minimum Gasteiger partial charge on any atom is -0.356 e. The normalized spacial score (nSPS) is 16.4. The number of nitrogens with one attached hydrogen (secondary N) is 2. The van der Waals surface area contributed by atoms with E-state index in [0.29, 0.717) is 41.2 Å². The van der Waals surface area contributed by atoms with Crippen LogP contribution in [-0.4, -0.2) is 47.1 Å². The van der Waals surface area contributed by atoms with Crippen molar-refractivity contribution in [2.75, 3.05) is 18.5 Å². The predicted octanol–water partition coefficient (Wildman–Crippen LogP) is 5.56. The Labute approximate surface area is 262 Å². The molecule has 1 aliphatic heterocycles. The van der Waals surface area contributed by atoms with Crippen molar-refractivity contribution in [2.24, 2.45) is 0 Å². The van der Waals surface area contributed by atoms with E-state index in [2.05, 4.69) is 10.6 Å². The molecule has 0 saturated carbocycles. The van der Waals surface area contributed by atoms with E-state index in [0.717, 1.165) is 18.2 Å². The van der Waals surface area contributed by atoms with Crippen LogP contribution in [0.4, 0.5) is 23.4 Å². The Morgan fingerprint density at radius 3 is 2.37 bits per heavy atom. The Hall–Kier alpha value is -5.26. The molecule has 4 aromatic rings. The summed E-state index contributed by atoms with van der Waals surface area (Å²) in [5.74, 6) is -2.58. The highest BCUT2D eigenvalue weighted by atomic mass is 19.4. The minimum atomic E-state index is -4.67. The summed E-state index contributed by atoms with van der Waals surface area (Å²) in [6.45, 7) is 1.95. The first-order chi connectivity index (χ1) is 22.0. The fourth-order valence-electron chi connectivity index (χ4n) is 5.59. The van der Waals surface area contributed by atoms with E-state index >= 15 is 0 Å². The first kappa shape index (κ1) is 32.1. The topological polar surface area (TPSA) is 96.3 Å². The van der Waals surface area contributed by atoms with Gasteiger partial charge in [-0.15, -0.1) is 0 Å². The maximum Gasteiger partial charge on any atom is 0.416 e. The van der Waals surface area contributed by atoms with Crippen LogP contribution in [0.25, 0.3) is 5.69 Å². The van der Waals surface area contributed by atoms with E-state index < -0.39 is 41.3 Å². The molecule has 5 rings (SSSR count). The summed E-state index contributed by atoms with van der Waals surface area (Å²) in [6.07, 6.45) is -0.832. The average Bonchev–Trinajstić information content (AvgIpc) is 3.42. The highest BCUT2D eigenvalue weighted by molar-refractivity contribution is 6.05. The van der Waals surface area contributed by atoms with Gasteiger partial charge in [-0.2, -0.15) is 18.3 Å². The molecule has 0 fully saturated rings. The van der Waals surface area contributed by atoms with Gasteiger partial charge in [-0.05, 0) is 73.9 Å². The number of hydrogen-bond acceptors (Lipinski definition) is 4. The molecule has 0 spiro atoms. The van der Waals surface area contributed by atoms with Crippen molar-refractivity contribution in [3.63, 3.8) is 0 Å². The average molecular weight is 634 g/mol. The third kappa shape index (κ3) is 6.56. The zero-order valence-electron chi connectivity index (χ0n) is 25.0. The Morgan fingerprint density at radius 1 is 1.00 bits per heavy atom. The number of para-hydroxylation sites is 1. The number of allylic oxidation sites excluding steroid dienone is 1. The molecule has 0 saturated heterocycles. The minimum absolute atomic E-state index is 0.187. The standard InChI is InChI=1S/C34H31F4N5O3/c1-3-42-32-29(26(14-7-8-15-27(44)39-2)41-43(32)25-12-5-4-6-13-25)28(21-16-18-24(35)19-17-21)30(33(42)46)40-31(45)22-10-9-11-23(20-22)34(36,37)38/h4-6,8-13,15-20,28,30H,3,7,14H2,1-2H3,(H,39,44)(H,40,45)/b15-8-/t28-,30-/m0/s1. The molecule has 2 atom stereocenters. The lowest BCUT2D eigenvalue weighted by Crippen LogP contribution is -2.55. The number of rotatable bonds is 9. The second kappa shape index (κ2) is 13.4. The number of fused-ring (bicyclic) bond motifs is 1. The van der Waals surface area contributed by atoms with Gasteiger partial charge in [0, 0.05) is 30.6 Å². The number of aromatic nitrogens is 2. The molecule has 1 aliphatic rings. The summed E-state index contributed by atoms with van der Waals surface area (Å²) in [7, 11) is 1.52. The summed E-state index contributed by atoms with van der Waals surface area (Å²) >= 11 is 0. The molecule has 0 aliphatic carbocycles. The van der Waals surface area contributed by atoms with E-state index in [4.69, 9.17) is 5.10 Å². The fourth-order valence-corrected chi connectivity index (χ4v) is 5.59. The first-order valence-electron chi connectivity index (χ1n) is 14.6. The zero-order chi connectivity index (χ0) is 33.0. The number of carbonyl (C=O) groups excluding carboxylic acids is 3. The molecule has 3 aromatic carbocycles. The summed E-state index contributed by atoms with van der Waals surface area (Å²) in [5.41, 5.74) is 1.06. The van der Waals surface area contributed by atoms with E-state index in [1.165, 1.54) is 48.4 Å². The second-order valence-electron chi connectivity index (χ2n) is 10.6. The summed E-state index contributed by atoms with van der Waals surface area (Å²) in [5, 5.41) is 10.1. The Morgan fingerprint density at radius 2 is 1.72 bits per heavy atom. The van der Waals surface area contributed by atoms with Crippen molar-refractivity contribution in [1.29, 1.82) is 0 Å². The molecule has 3 amide bonds. The summed E-state index contributed by atoms with van der Waals surface area (Å²) < 4.78 is 56.1. The van der Waals surface area contributed by atoms with Crippen molar-refractivity contribution in [1.82, 2.24) is 20.4 Å². The van der Waals surface area contributed by atoms with Crippen LogP contribution < -0.4 is 15.5 Å². The van der Waals surface area contributed by atoms with Crippen LogP contribution in [0, 0.1) is 5.82 Å². The molecule has 12 heteroatoms. The maximum absolute atomic E-state index is 14.3. The van der Waals surface area contributed by atoms with Crippen LogP contribution >= 0.6 is 0 Å². The van der Waals surface area contributed by atoms with Gasteiger partial charge in [0.1, 0.15) is 17.7 Å². The Bertz CT molecular complexity index is 1770. The van der Waals surface area contributed by atoms with Gasteiger partial charge in [0.2, 0.25) is 5.91 Å². The second-order valence-corrected chi connectivity index (χ2v) is 10.6. The molecule has 0 unspecified atom stereocenters. The predicted molar refractivity (Wildman–Crippen MR) is 164 cm³/mol. The third-order valence-corrected chi connectivity index (χ3v) is 7.75. The van der Waals surface area contributed by atoms with Crippen LogP contribution in [0.3, 0.4) is 0 Å². The van der Waals surface area contributed by atoms with Crippen molar-refractivity contribution in [3.8, 4) is 5.69 Å². The lowest BCUT2D eigenvalue weighted by molar-refractivity contribution is -0.137. The van der Waals surface area contributed by atoms with Crippen LogP contribution in [0.15, 0.2) is 91.0 Å². The number of halogens is 4. The number of likely N-dealkylation sites (N-methyl/N-ethyl adjacent to an activating group) is 2. The quantitative estimate of drug-likeness (QED) is 0.186. The highest BCUT2D eigenvalue weighted by Gasteiger charge is 2.46. The van der Waals surface area contributed by atoms with E-state index in [1.54, 1.807) is 17.7 Å². The molecule has 238 valence electrons. The first-order valence-corrected chi connectivity index (χ1v) is 14.6. The molecule has 0 radical (unpaired) electrons. The smallest absolute Gasteiger partial charge is 0.356 e. The number of benzene rings is 3. The van der Waals surface area contributed by atoms with Gasteiger partial charge in [-0.25, -0.2) is 9.07 Å². The number of nitrogens with zero attached hydrogens (tertiary/aromatic N) is 3. The number of carbonyl (C=O) groups is 3. The Balaban J connectivity index is 1.67. The van der Waals surface area contributed by atoms with Gasteiger partial charge in [-0.3, -0.25) is 19.3 Å². The largest absolute Gasteiger partial charge is 0.416 e. The van der Waals surface area contributed by atoms with Gasteiger partial charge < -0.3 is 10.6 Å². The van der Waals surface area contributed by atoms with Gasteiger partial charge in [0.05, 0.1) is 16.9 Å². The highest BCUT2D eigenvalue weighted by Crippen LogP contribution is 2.44. The third-order valence-electron chi connectivity index (χ3n) is 7.75. The van der Waals surface area contributed by atoms with Crippen LogP contribution in [0.1, 0.15) is 52.0 Å². The molecule has 46 heavy (non-hydrogen) atoms. The number of aryl methyl sites for hydroxylation is 1. The summed E-state index contributed by atoms with van der Waals surface area (Å²) in [4.78, 5) is 41.1. The van der Waals surface area contributed by atoms with Crippen LogP contribution in [0.5, 0.6) is 0 Å².